The van der Waals surface area contributed by atoms with Gasteiger partial charge < -0.3 is 14.2 Å². The number of rotatable bonds is 13. The molecule has 3 fully saturated rings. The lowest BCUT2D eigenvalue weighted by atomic mass is 10.2. The van der Waals surface area contributed by atoms with Crippen molar-refractivity contribution in [3.05, 3.63) is 0 Å². The van der Waals surface area contributed by atoms with Crippen LogP contribution in [0.5, 0.6) is 0 Å². The number of methoxy groups -OCH3 is 1. The molecule has 2 atom stereocenters. The molecule has 3 saturated heterocycles. The number of ether oxygens (including phenoxy) is 3. The Bertz CT molecular complexity index is 432. The quantitative estimate of drug-likeness (QED) is 0.417. The minimum Gasteiger partial charge on any atom is -0.383 e. The minimum absolute atomic E-state index is 0.341. The van der Waals surface area contributed by atoms with Gasteiger partial charge in [0.05, 0.1) is 32.5 Å². The van der Waals surface area contributed by atoms with E-state index in [-0.39, 0.29) is 0 Å². The monoisotopic (exact) mass is 398 g/mol. The van der Waals surface area contributed by atoms with Gasteiger partial charge in [-0.15, -0.1) is 0 Å². The predicted octanol–water partition coefficient (Wildman–Crippen LogP) is 0.451. The van der Waals surface area contributed by atoms with Crippen molar-refractivity contribution in [1.29, 1.82) is 0 Å². The number of likely N-dealkylation sites (tertiary alicyclic amines) is 2. The van der Waals surface area contributed by atoms with Gasteiger partial charge in [0.1, 0.15) is 0 Å². The molecule has 2 bridgehead atoms. The standard InChI is InChI=1S/C21H42N4O3/c1-19(2)28-15-11-25-18-20-16-21(25)17-24(20)10-14-27-13-9-23-6-4-22(5-7-23)8-12-26-3/h19-21H,4-18H2,1-3H3/t20-,21-/m0/s1. The van der Waals surface area contributed by atoms with Crippen LogP contribution in [-0.4, -0.2) is 137 Å². The molecule has 3 heterocycles. The van der Waals surface area contributed by atoms with Crippen LogP contribution in [0.3, 0.4) is 0 Å². The topological polar surface area (TPSA) is 40.7 Å². The molecule has 0 aromatic rings. The van der Waals surface area contributed by atoms with Gasteiger partial charge in [0.15, 0.2) is 0 Å². The van der Waals surface area contributed by atoms with Crippen molar-refractivity contribution in [1.82, 2.24) is 19.6 Å². The Balaban J connectivity index is 1.19. The van der Waals surface area contributed by atoms with Crippen LogP contribution in [0, 0.1) is 0 Å². The van der Waals surface area contributed by atoms with Crippen molar-refractivity contribution in [2.75, 3.05) is 99.0 Å². The Hall–Kier alpha value is -0.280. The number of fused-ring (bicyclic) bond motifs is 2. The molecule has 0 spiro atoms. The molecule has 3 aliphatic heterocycles. The molecule has 0 unspecified atom stereocenters. The largest absolute Gasteiger partial charge is 0.383 e. The first-order valence-corrected chi connectivity index (χ1v) is 11.3. The van der Waals surface area contributed by atoms with Crippen LogP contribution < -0.4 is 0 Å². The fraction of sp³-hybridized carbons (Fsp3) is 1.00. The molecule has 0 radical (unpaired) electrons. The highest BCUT2D eigenvalue weighted by Crippen LogP contribution is 2.29. The summed E-state index contributed by atoms with van der Waals surface area (Å²) in [5.74, 6) is 0. The van der Waals surface area contributed by atoms with Crippen molar-refractivity contribution < 1.29 is 14.2 Å². The number of hydrogen-bond donors (Lipinski definition) is 0. The summed E-state index contributed by atoms with van der Waals surface area (Å²) >= 11 is 0. The highest BCUT2D eigenvalue weighted by atomic mass is 16.5. The summed E-state index contributed by atoms with van der Waals surface area (Å²) in [5, 5.41) is 0. The molecule has 7 heteroatoms. The van der Waals surface area contributed by atoms with E-state index in [0.29, 0.717) is 6.10 Å². The minimum atomic E-state index is 0.341. The van der Waals surface area contributed by atoms with E-state index >= 15 is 0 Å². The third-order valence-corrected chi connectivity index (χ3v) is 6.45. The van der Waals surface area contributed by atoms with Crippen LogP contribution in [0.15, 0.2) is 0 Å². The number of piperazine rings is 2. The van der Waals surface area contributed by atoms with Crippen molar-refractivity contribution in [3.63, 3.8) is 0 Å². The molecular formula is C21H42N4O3. The van der Waals surface area contributed by atoms with E-state index in [1.165, 1.54) is 19.5 Å². The first kappa shape index (κ1) is 22.4. The summed E-state index contributed by atoms with van der Waals surface area (Å²) < 4.78 is 16.8. The maximum Gasteiger partial charge on any atom is 0.0597 e. The van der Waals surface area contributed by atoms with Crippen LogP contribution in [0.1, 0.15) is 20.3 Å². The van der Waals surface area contributed by atoms with Gasteiger partial charge >= 0.3 is 0 Å². The second kappa shape index (κ2) is 11.8. The fourth-order valence-electron chi connectivity index (χ4n) is 4.72. The summed E-state index contributed by atoms with van der Waals surface area (Å²) in [4.78, 5) is 10.3. The lowest BCUT2D eigenvalue weighted by Gasteiger charge is -2.35. The van der Waals surface area contributed by atoms with E-state index in [0.717, 1.165) is 90.9 Å². The fourth-order valence-corrected chi connectivity index (χ4v) is 4.72. The van der Waals surface area contributed by atoms with E-state index in [9.17, 15) is 0 Å². The van der Waals surface area contributed by atoms with Gasteiger partial charge in [0, 0.05) is 84.6 Å². The molecule has 28 heavy (non-hydrogen) atoms. The van der Waals surface area contributed by atoms with E-state index in [1.54, 1.807) is 7.11 Å². The van der Waals surface area contributed by atoms with E-state index in [4.69, 9.17) is 14.2 Å². The third-order valence-electron chi connectivity index (χ3n) is 6.45. The molecule has 0 N–H and O–H groups in total. The van der Waals surface area contributed by atoms with E-state index < -0.39 is 0 Å². The molecule has 3 rings (SSSR count). The van der Waals surface area contributed by atoms with Crippen LogP contribution in [0.4, 0.5) is 0 Å². The van der Waals surface area contributed by atoms with Crippen LogP contribution in [0.2, 0.25) is 0 Å². The summed E-state index contributed by atoms with van der Waals surface area (Å²) in [5.41, 5.74) is 0. The summed E-state index contributed by atoms with van der Waals surface area (Å²) in [6, 6.07) is 1.46. The molecule has 0 aliphatic carbocycles. The second-order valence-electron chi connectivity index (χ2n) is 8.74. The molecule has 164 valence electrons. The molecule has 3 aliphatic rings. The zero-order valence-electron chi connectivity index (χ0n) is 18.4. The average molecular weight is 399 g/mol. The van der Waals surface area contributed by atoms with Gasteiger partial charge in [-0.25, -0.2) is 0 Å². The van der Waals surface area contributed by atoms with Crippen LogP contribution >= 0.6 is 0 Å². The van der Waals surface area contributed by atoms with Gasteiger partial charge in [0.25, 0.3) is 0 Å². The van der Waals surface area contributed by atoms with Crippen LogP contribution in [-0.2, 0) is 14.2 Å². The summed E-state index contributed by atoms with van der Waals surface area (Å²) in [6.45, 7) is 19.0. The van der Waals surface area contributed by atoms with Gasteiger partial charge in [-0.1, -0.05) is 0 Å². The number of nitrogens with zero attached hydrogens (tertiary/aromatic N) is 4. The van der Waals surface area contributed by atoms with Crippen molar-refractivity contribution in [2.24, 2.45) is 0 Å². The Morgan fingerprint density at radius 2 is 1.29 bits per heavy atom. The Kier molecular flexibility index (Phi) is 9.43. The van der Waals surface area contributed by atoms with Gasteiger partial charge in [-0.3, -0.25) is 19.6 Å². The molecule has 0 amide bonds. The maximum absolute atomic E-state index is 5.97. The average Bonchev–Trinajstić information content (AvgIpc) is 3.27. The summed E-state index contributed by atoms with van der Waals surface area (Å²) in [7, 11) is 1.78. The molecule has 0 aromatic heterocycles. The first-order valence-electron chi connectivity index (χ1n) is 11.3. The normalized spacial score (nSPS) is 27.4. The van der Waals surface area contributed by atoms with Gasteiger partial charge in [0.2, 0.25) is 0 Å². The molecule has 7 nitrogen and oxygen atoms in total. The number of hydrogen-bond acceptors (Lipinski definition) is 7. The molecule has 0 saturated carbocycles. The highest BCUT2D eigenvalue weighted by Gasteiger charge is 2.42. The Morgan fingerprint density at radius 3 is 1.82 bits per heavy atom. The van der Waals surface area contributed by atoms with Crippen LogP contribution in [0.25, 0.3) is 0 Å². The summed E-state index contributed by atoms with van der Waals surface area (Å²) in [6.07, 6.45) is 1.67. The highest BCUT2D eigenvalue weighted by molar-refractivity contribution is 4.99. The Morgan fingerprint density at radius 1 is 0.750 bits per heavy atom. The third kappa shape index (κ3) is 6.90. The molecule has 0 aromatic carbocycles. The zero-order valence-corrected chi connectivity index (χ0v) is 18.4. The lowest BCUT2D eigenvalue weighted by molar-refractivity contribution is 0.0313. The van der Waals surface area contributed by atoms with Gasteiger partial charge in [-0.05, 0) is 20.3 Å². The SMILES string of the molecule is COCCN1CCN(CCOCCN2C[C@@H]3C[C@H]2CN3CCOC(C)C)CC1. The predicted molar refractivity (Wildman–Crippen MR) is 112 cm³/mol. The Labute approximate surface area is 171 Å². The van der Waals surface area contributed by atoms with Crippen molar-refractivity contribution in [3.8, 4) is 0 Å². The smallest absolute Gasteiger partial charge is 0.0597 e. The van der Waals surface area contributed by atoms with Gasteiger partial charge in [-0.2, -0.15) is 0 Å². The second-order valence-corrected chi connectivity index (χ2v) is 8.74. The van der Waals surface area contributed by atoms with E-state index in [1.807, 2.05) is 0 Å². The van der Waals surface area contributed by atoms with Crippen molar-refractivity contribution in [2.45, 2.75) is 38.5 Å². The molecular weight excluding hydrogens is 356 g/mol. The maximum atomic E-state index is 5.97. The van der Waals surface area contributed by atoms with E-state index in [2.05, 4.69) is 33.4 Å². The lowest BCUT2D eigenvalue weighted by Crippen LogP contribution is -2.48. The van der Waals surface area contributed by atoms with Crippen molar-refractivity contribution >= 4 is 0 Å². The first-order chi connectivity index (χ1) is 13.7. The zero-order chi connectivity index (χ0) is 19.8.